The van der Waals surface area contributed by atoms with Gasteiger partial charge < -0.3 is 10.4 Å². The normalized spacial score (nSPS) is 11.5. The van der Waals surface area contributed by atoms with Crippen LogP contribution >= 0.6 is 0 Å². The van der Waals surface area contributed by atoms with Gasteiger partial charge in [-0.3, -0.25) is 14.9 Å². The first-order valence-corrected chi connectivity index (χ1v) is 6.83. The average Bonchev–Trinajstić information content (AvgIpc) is 2.44. The third-order valence-corrected chi connectivity index (χ3v) is 2.91. The highest BCUT2D eigenvalue weighted by molar-refractivity contribution is 5.95. The van der Waals surface area contributed by atoms with E-state index in [1.807, 2.05) is 37.3 Å². The van der Waals surface area contributed by atoms with E-state index in [1.165, 1.54) is 5.56 Å². The first kappa shape index (κ1) is 16.7. The lowest BCUT2D eigenvalue weighted by molar-refractivity contribution is -0.138. The molecule has 1 aromatic rings. The maximum absolute atomic E-state index is 11.5. The van der Waals surface area contributed by atoms with Gasteiger partial charge in [-0.2, -0.15) is 0 Å². The highest BCUT2D eigenvalue weighted by Crippen LogP contribution is 2.04. The minimum absolute atomic E-state index is 0.0857. The van der Waals surface area contributed by atoms with Crippen molar-refractivity contribution in [3.05, 3.63) is 35.9 Å². The number of hydrogen-bond acceptors (Lipinski definition) is 3. The number of urea groups is 1. The molecule has 0 fully saturated rings. The summed E-state index contributed by atoms with van der Waals surface area (Å²) < 4.78 is 0. The number of benzene rings is 1. The highest BCUT2D eigenvalue weighted by atomic mass is 16.4. The lowest BCUT2D eigenvalue weighted by Crippen LogP contribution is -2.43. The molecule has 0 bridgehead atoms. The van der Waals surface area contributed by atoms with Crippen LogP contribution in [0.2, 0.25) is 0 Å². The molecule has 1 unspecified atom stereocenters. The Morgan fingerprint density at radius 1 is 1.14 bits per heavy atom. The number of aryl methyl sites for hydroxylation is 1. The lowest BCUT2D eigenvalue weighted by atomic mass is 10.1. The number of nitrogens with one attached hydrogen (secondary N) is 2. The van der Waals surface area contributed by atoms with E-state index in [0.29, 0.717) is 0 Å². The van der Waals surface area contributed by atoms with Gasteiger partial charge >= 0.3 is 12.0 Å². The number of aliphatic carboxylic acids is 1. The zero-order valence-corrected chi connectivity index (χ0v) is 12.0. The van der Waals surface area contributed by atoms with Crippen molar-refractivity contribution >= 4 is 17.9 Å². The minimum Gasteiger partial charge on any atom is -0.481 e. The van der Waals surface area contributed by atoms with Crippen molar-refractivity contribution in [1.29, 1.82) is 0 Å². The summed E-state index contributed by atoms with van der Waals surface area (Å²) in [4.78, 5) is 33.1. The molecule has 114 valence electrons. The molecular weight excluding hydrogens is 272 g/mol. The fourth-order valence-corrected chi connectivity index (χ4v) is 1.77. The van der Waals surface area contributed by atoms with Crippen LogP contribution in [0.5, 0.6) is 0 Å². The predicted octanol–water partition coefficient (Wildman–Crippen LogP) is 1.70. The molecule has 0 heterocycles. The van der Waals surface area contributed by atoms with Crippen LogP contribution < -0.4 is 10.6 Å². The molecule has 0 radical (unpaired) electrons. The summed E-state index contributed by atoms with van der Waals surface area (Å²) in [5.41, 5.74) is 1.18. The van der Waals surface area contributed by atoms with Gasteiger partial charge in [0.25, 0.3) is 0 Å². The summed E-state index contributed by atoms with van der Waals surface area (Å²) in [6.45, 7) is 1.85. The molecule has 0 saturated heterocycles. The van der Waals surface area contributed by atoms with Crippen LogP contribution in [-0.4, -0.2) is 29.1 Å². The molecule has 6 heteroatoms. The van der Waals surface area contributed by atoms with Gasteiger partial charge in [0.15, 0.2) is 0 Å². The van der Waals surface area contributed by atoms with Crippen LogP contribution in [0.3, 0.4) is 0 Å². The minimum atomic E-state index is -1.07. The number of carbonyl (C=O) groups is 3. The maximum Gasteiger partial charge on any atom is 0.321 e. The van der Waals surface area contributed by atoms with Crippen molar-refractivity contribution in [1.82, 2.24) is 10.6 Å². The third kappa shape index (κ3) is 7.71. The van der Waals surface area contributed by atoms with Gasteiger partial charge in [0.2, 0.25) is 5.91 Å². The Labute approximate surface area is 123 Å². The number of carboxylic acid groups (broad SMARTS) is 1. The Bertz CT molecular complexity index is 488. The number of hydrogen-bond donors (Lipinski definition) is 3. The number of rotatable bonds is 7. The van der Waals surface area contributed by atoms with Gasteiger partial charge in [0.05, 0.1) is 6.42 Å². The van der Waals surface area contributed by atoms with Crippen molar-refractivity contribution in [2.45, 2.75) is 38.6 Å². The quantitative estimate of drug-likeness (QED) is 0.712. The number of carboxylic acids is 1. The molecule has 1 aromatic carbocycles. The topological polar surface area (TPSA) is 95.5 Å². The van der Waals surface area contributed by atoms with E-state index >= 15 is 0 Å². The molecule has 3 N–H and O–H groups in total. The van der Waals surface area contributed by atoms with Crippen molar-refractivity contribution in [3.63, 3.8) is 0 Å². The fraction of sp³-hybridized carbons (Fsp3) is 0.400. The molecule has 0 spiro atoms. The van der Waals surface area contributed by atoms with Gasteiger partial charge in [0.1, 0.15) is 0 Å². The highest BCUT2D eigenvalue weighted by Gasteiger charge is 2.11. The van der Waals surface area contributed by atoms with E-state index in [4.69, 9.17) is 5.11 Å². The second-order valence-electron chi connectivity index (χ2n) is 4.84. The van der Waals surface area contributed by atoms with Crippen LogP contribution in [0.1, 0.15) is 31.7 Å². The SMILES string of the molecule is CC(CCc1ccccc1)NC(=O)NC(=O)CCC(=O)O. The second-order valence-corrected chi connectivity index (χ2v) is 4.84. The molecule has 1 atom stereocenters. The predicted molar refractivity (Wildman–Crippen MR) is 77.8 cm³/mol. The summed E-state index contributed by atoms with van der Waals surface area (Å²) >= 11 is 0. The third-order valence-electron chi connectivity index (χ3n) is 2.91. The van der Waals surface area contributed by atoms with E-state index < -0.39 is 17.9 Å². The van der Waals surface area contributed by atoms with E-state index in [-0.39, 0.29) is 18.9 Å². The standard InChI is InChI=1S/C15H20N2O4/c1-11(7-8-12-5-3-2-4-6-12)16-15(21)17-13(18)9-10-14(19)20/h2-6,11H,7-10H2,1H3,(H,19,20)(H2,16,17,18,21). The van der Waals surface area contributed by atoms with Crippen LogP contribution in [0, 0.1) is 0 Å². The molecule has 0 aliphatic carbocycles. The molecule has 0 aliphatic rings. The second kappa shape index (κ2) is 8.73. The van der Waals surface area contributed by atoms with E-state index in [0.717, 1.165) is 12.8 Å². The van der Waals surface area contributed by atoms with E-state index in [2.05, 4.69) is 10.6 Å². The largest absolute Gasteiger partial charge is 0.481 e. The monoisotopic (exact) mass is 292 g/mol. The van der Waals surface area contributed by atoms with Crippen LogP contribution in [0.25, 0.3) is 0 Å². The first-order chi connectivity index (χ1) is 9.97. The van der Waals surface area contributed by atoms with Gasteiger partial charge in [0, 0.05) is 12.5 Å². The zero-order valence-electron chi connectivity index (χ0n) is 12.0. The van der Waals surface area contributed by atoms with Crippen molar-refractivity contribution in [3.8, 4) is 0 Å². The number of imide groups is 1. The molecule has 0 aliphatic heterocycles. The first-order valence-electron chi connectivity index (χ1n) is 6.83. The Morgan fingerprint density at radius 2 is 1.81 bits per heavy atom. The summed E-state index contributed by atoms with van der Waals surface area (Å²) in [6, 6.07) is 9.22. The fourth-order valence-electron chi connectivity index (χ4n) is 1.77. The summed E-state index contributed by atoms with van der Waals surface area (Å²) in [6.07, 6.45) is 1.08. The lowest BCUT2D eigenvalue weighted by Gasteiger charge is -2.14. The molecule has 21 heavy (non-hydrogen) atoms. The Kier molecular flexibility index (Phi) is 6.94. The Balaban J connectivity index is 2.24. The summed E-state index contributed by atoms with van der Waals surface area (Å²) in [5.74, 6) is -1.66. The van der Waals surface area contributed by atoms with Crippen molar-refractivity contribution in [2.24, 2.45) is 0 Å². The van der Waals surface area contributed by atoms with Gasteiger partial charge in [-0.1, -0.05) is 30.3 Å². The molecular formula is C15H20N2O4. The molecule has 6 nitrogen and oxygen atoms in total. The molecule has 1 rings (SSSR count). The van der Waals surface area contributed by atoms with Crippen LogP contribution in [-0.2, 0) is 16.0 Å². The van der Waals surface area contributed by atoms with Gasteiger partial charge in [-0.25, -0.2) is 4.79 Å². The van der Waals surface area contributed by atoms with E-state index in [9.17, 15) is 14.4 Å². The summed E-state index contributed by atoms with van der Waals surface area (Å²) in [7, 11) is 0. The molecule has 0 aromatic heterocycles. The molecule has 0 saturated carbocycles. The summed E-state index contributed by atoms with van der Waals surface area (Å²) in [5, 5.41) is 13.2. The van der Waals surface area contributed by atoms with Gasteiger partial charge in [-0.15, -0.1) is 0 Å². The Hall–Kier alpha value is -2.37. The van der Waals surface area contributed by atoms with Crippen LogP contribution in [0.4, 0.5) is 4.79 Å². The average molecular weight is 292 g/mol. The zero-order chi connectivity index (χ0) is 15.7. The number of carbonyl (C=O) groups excluding carboxylic acids is 2. The van der Waals surface area contributed by atoms with Gasteiger partial charge in [-0.05, 0) is 25.3 Å². The molecule has 3 amide bonds. The van der Waals surface area contributed by atoms with Crippen molar-refractivity contribution in [2.75, 3.05) is 0 Å². The van der Waals surface area contributed by atoms with Crippen LogP contribution in [0.15, 0.2) is 30.3 Å². The van der Waals surface area contributed by atoms with Crippen molar-refractivity contribution < 1.29 is 19.5 Å². The number of amides is 3. The Morgan fingerprint density at radius 3 is 2.43 bits per heavy atom. The smallest absolute Gasteiger partial charge is 0.321 e. The maximum atomic E-state index is 11.5. The van der Waals surface area contributed by atoms with E-state index in [1.54, 1.807) is 0 Å².